The molecule has 2 aliphatic rings. The molecule has 1 aromatic rings. The van der Waals surface area contributed by atoms with E-state index in [0.29, 0.717) is 5.41 Å². The summed E-state index contributed by atoms with van der Waals surface area (Å²) in [5.41, 5.74) is 0.476. The largest absolute Gasteiger partial charge is 0.481 e. The van der Waals surface area contributed by atoms with Crippen molar-refractivity contribution in [1.82, 2.24) is 14.8 Å². The predicted molar refractivity (Wildman–Crippen MR) is 76.8 cm³/mol. The Kier molecular flexibility index (Phi) is 3.75. The van der Waals surface area contributed by atoms with Crippen molar-refractivity contribution in [1.29, 1.82) is 0 Å². The van der Waals surface area contributed by atoms with Crippen molar-refractivity contribution in [3.63, 3.8) is 0 Å². The van der Waals surface area contributed by atoms with Gasteiger partial charge in [-0.15, -0.1) is 10.2 Å². The molecule has 0 aromatic carbocycles. The molecule has 6 heteroatoms. The van der Waals surface area contributed by atoms with Gasteiger partial charge >= 0.3 is 5.97 Å². The van der Waals surface area contributed by atoms with Crippen molar-refractivity contribution in [3.8, 4) is 0 Å². The van der Waals surface area contributed by atoms with Crippen LogP contribution in [0.25, 0.3) is 0 Å². The highest BCUT2D eigenvalue weighted by Crippen LogP contribution is 2.62. The third-order valence-electron chi connectivity index (χ3n) is 4.40. The SMILES string of the molecule is CCCc1nnc(SCC(=O)O)n1CC1(C2CC2)CC1. The van der Waals surface area contributed by atoms with E-state index in [4.69, 9.17) is 5.11 Å². The van der Waals surface area contributed by atoms with Crippen molar-refractivity contribution < 1.29 is 9.90 Å². The molecule has 0 spiro atoms. The van der Waals surface area contributed by atoms with E-state index in [0.717, 1.165) is 36.3 Å². The molecule has 0 bridgehead atoms. The Labute approximate surface area is 123 Å². The maximum Gasteiger partial charge on any atom is 0.313 e. The fourth-order valence-electron chi connectivity index (χ4n) is 2.99. The lowest BCUT2D eigenvalue weighted by Crippen LogP contribution is -2.17. The van der Waals surface area contributed by atoms with E-state index in [1.54, 1.807) is 0 Å². The Morgan fingerprint density at radius 3 is 2.75 bits per heavy atom. The van der Waals surface area contributed by atoms with Gasteiger partial charge in [-0.25, -0.2) is 0 Å². The number of hydrogen-bond acceptors (Lipinski definition) is 4. The maximum atomic E-state index is 10.8. The zero-order valence-electron chi connectivity index (χ0n) is 11.8. The minimum atomic E-state index is -0.801. The Morgan fingerprint density at radius 2 is 2.20 bits per heavy atom. The number of carboxylic acid groups (broad SMARTS) is 1. The third kappa shape index (κ3) is 2.85. The van der Waals surface area contributed by atoms with Crippen molar-refractivity contribution >= 4 is 17.7 Å². The summed E-state index contributed by atoms with van der Waals surface area (Å²) in [7, 11) is 0. The molecule has 0 atom stereocenters. The number of hydrogen-bond donors (Lipinski definition) is 1. The first kappa shape index (κ1) is 13.9. The topological polar surface area (TPSA) is 68.0 Å². The normalized spacial score (nSPS) is 20.1. The highest BCUT2D eigenvalue weighted by Gasteiger charge is 2.54. The van der Waals surface area contributed by atoms with Gasteiger partial charge in [0.1, 0.15) is 5.82 Å². The van der Waals surface area contributed by atoms with Crippen molar-refractivity contribution in [3.05, 3.63) is 5.82 Å². The average molecular weight is 295 g/mol. The van der Waals surface area contributed by atoms with Gasteiger partial charge in [0.25, 0.3) is 0 Å². The number of carboxylic acids is 1. The molecular weight excluding hydrogens is 274 g/mol. The Morgan fingerprint density at radius 1 is 1.45 bits per heavy atom. The fraction of sp³-hybridized carbons (Fsp3) is 0.786. The number of aromatic nitrogens is 3. The van der Waals surface area contributed by atoms with E-state index in [9.17, 15) is 4.79 Å². The first-order valence-electron chi connectivity index (χ1n) is 7.41. The van der Waals surface area contributed by atoms with E-state index in [1.807, 2.05) is 0 Å². The summed E-state index contributed by atoms with van der Waals surface area (Å²) < 4.78 is 2.20. The van der Waals surface area contributed by atoms with Gasteiger partial charge in [0, 0.05) is 13.0 Å². The quantitative estimate of drug-likeness (QED) is 0.747. The van der Waals surface area contributed by atoms with Gasteiger partial charge in [-0.1, -0.05) is 18.7 Å². The van der Waals surface area contributed by atoms with Crippen LogP contribution in [0.3, 0.4) is 0 Å². The molecule has 1 aromatic heterocycles. The Hall–Kier alpha value is -1.04. The highest BCUT2D eigenvalue weighted by atomic mass is 32.2. The molecule has 2 saturated carbocycles. The number of nitrogens with zero attached hydrogens (tertiary/aromatic N) is 3. The third-order valence-corrected chi connectivity index (χ3v) is 5.35. The summed E-state index contributed by atoms with van der Waals surface area (Å²) in [5, 5.41) is 18.1. The Bertz CT molecular complexity index is 507. The van der Waals surface area contributed by atoms with Crippen LogP contribution in [0.1, 0.15) is 44.9 Å². The van der Waals surface area contributed by atoms with Crippen LogP contribution >= 0.6 is 11.8 Å². The van der Waals surface area contributed by atoms with Crippen molar-refractivity contribution in [2.24, 2.45) is 11.3 Å². The fourth-order valence-corrected chi connectivity index (χ4v) is 3.66. The van der Waals surface area contributed by atoms with Gasteiger partial charge in [0.2, 0.25) is 0 Å². The molecule has 1 N–H and O–H groups in total. The molecule has 1 heterocycles. The summed E-state index contributed by atoms with van der Waals surface area (Å²) in [6, 6.07) is 0. The molecule has 20 heavy (non-hydrogen) atoms. The molecule has 110 valence electrons. The van der Waals surface area contributed by atoms with Crippen LogP contribution in [-0.4, -0.2) is 31.6 Å². The van der Waals surface area contributed by atoms with Gasteiger partial charge < -0.3 is 9.67 Å². The lowest BCUT2D eigenvalue weighted by atomic mass is 10.0. The van der Waals surface area contributed by atoms with Crippen LogP contribution in [0.5, 0.6) is 0 Å². The molecule has 2 fully saturated rings. The zero-order chi connectivity index (χ0) is 14.2. The second kappa shape index (κ2) is 5.39. The minimum absolute atomic E-state index is 0.0562. The van der Waals surface area contributed by atoms with Crippen LogP contribution in [0.4, 0.5) is 0 Å². The summed E-state index contributed by atoms with van der Waals surface area (Å²) in [6.07, 6.45) is 7.31. The van der Waals surface area contributed by atoms with Crippen LogP contribution in [0, 0.1) is 11.3 Å². The molecule has 3 rings (SSSR count). The summed E-state index contributed by atoms with van der Waals surface area (Å²) in [5.74, 6) is 1.16. The van der Waals surface area contributed by atoms with Gasteiger partial charge in [0.05, 0.1) is 5.75 Å². The van der Waals surface area contributed by atoms with Gasteiger partial charge in [-0.05, 0) is 43.4 Å². The smallest absolute Gasteiger partial charge is 0.313 e. The van der Waals surface area contributed by atoms with Crippen LogP contribution < -0.4 is 0 Å². The Balaban J connectivity index is 1.77. The lowest BCUT2D eigenvalue weighted by molar-refractivity contribution is -0.133. The van der Waals surface area contributed by atoms with E-state index >= 15 is 0 Å². The van der Waals surface area contributed by atoms with E-state index in [1.165, 1.54) is 37.4 Å². The summed E-state index contributed by atoms with van der Waals surface area (Å²) in [6.45, 7) is 3.12. The van der Waals surface area contributed by atoms with Crippen molar-refractivity contribution in [2.45, 2.75) is 57.1 Å². The monoisotopic (exact) mass is 295 g/mol. The highest BCUT2D eigenvalue weighted by molar-refractivity contribution is 7.99. The van der Waals surface area contributed by atoms with E-state index < -0.39 is 5.97 Å². The predicted octanol–water partition coefficient (Wildman–Crippen LogP) is 2.60. The first-order chi connectivity index (χ1) is 9.64. The summed E-state index contributed by atoms with van der Waals surface area (Å²) >= 11 is 1.29. The minimum Gasteiger partial charge on any atom is -0.481 e. The average Bonchev–Trinajstić information content (AvgIpc) is 3.28. The molecule has 0 radical (unpaired) electrons. The second-order valence-electron chi connectivity index (χ2n) is 6.05. The van der Waals surface area contributed by atoms with Crippen LogP contribution in [0.15, 0.2) is 5.16 Å². The second-order valence-corrected chi connectivity index (χ2v) is 7.00. The van der Waals surface area contributed by atoms with Crippen LogP contribution in [-0.2, 0) is 17.8 Å². The molecule has 2 aliphatic carbocycles. The summed E-state index contributed by atoms with van der Waals surface area (Å²) in [4.78, 5) is 10.8. The molecule has 0 saturated heterocycles. The van der Waals surface area contributed by atoms with Crippen LogP contribution in [0.2, 0.25) is 0 Å². The standard InChI is InChI=1S/C14H21N3O2S/c1-2-3-11-15-16-13(20-8-12(18)19)17(11)9-14(6-7-14)10-4-5-10/h10H,2-9H2,1H3,(H,18,19). The van der Waals surface area contributed by atoms with Gasteiger partial charge in [-0.2, -0.15) is 0 Å². The van der Waals surface area contributed by atoms with Gasteiger partial charge in [-0.3, -0.25) is 4.79 Å². The van der Waals surface area contributed by atoms with Crippen molar-refractivity contribution in [2.75, 3.05) is 5.75 Å². The molecule has 5 nitrogen and oxygen atoms in total. The van der Waals surface area contributed by atoms with E-state index in [2.05, 4.69) is 21.7 Å². The number of rotatable bonds is 8. The maximum absolute atomic E-state index is 10.8. The van der Waals surface area contributed by atoms with E-state index in [-0.39, 0.29) is 5.75 Å². The number of carbonyl (C=O) groups is 1. The molecule has 0 aliphatic heterocycles. The number of aryl methyl sites for hydroxylation is 1. The molecule has 0 unspecified atom stereocenters. The van der Waals surface area contributed by atoms with Gasteiger partial charge in [0.15, 0.2) is 5.16 Å². The molecule has 0 amide bonds. The molecular formula is C14H21N3O2S. The lowest BCUT2D eigenvalue weighted by Gasteiger charge is -2.17. The number of aliphatic carboxylic acids is 1. The number of thioether (sulfide) groups is 1. The first-order valence-corrected chi connectivity index (χ1v) is 8.40. The zero-order valence-corrected chi connectivity index (χ0v) is 12.7.